The summed E-state index contributed by atoms with van der Waals surface area (Å²) in [7, 11) is 0. The third kappa shape index (κ3) is 5.40. The van der Waals surface area contributed by atoms with Gasteiger partial charge >= 0.3 is 5.97 Å². The van der Waals surface area contributed by atoms with Crippen LogP contribution < -0.4 is 4.74 Å². The van der Waals surface area contributed by atoms with Gasteiger partial charge in [-0.1, -0.05) is 30.3 Å². The van der Waals surface area contributed by atoms with Crippen LogP contribution in [0.15, 0.2) is 30.3 Å². The van der Waals surface area contributed by atoms with E-state index in [9.17, 15) is 9.90 Å². The van der Waals surface area contributed by atoms with Crippen LogP contribution in [-0.4, -0.2) is 59.9 Å². The first-order chi connectivity index (χ1) is 14.0. The Bertz CT molecular complexity index is 795. The molecule has 0 spiro atoms. The number of likely N-dealkylation sites (tertiary alicyclic amines) is 1. The lowest BCUT2D eigenvalue weighted by molar-refractivity contribution is 0.0486. The molecule has 0 saturated carbocycles. The highest BCUT2D eigenvalue weighted by molar-refractivity contribution is 5.91. The van der Waals surface area contributed by atoms with E-state index in [0.29, 0.717) is 30.5 Å². The van der Waals surface area contributed by atoms with E-state index in [4.69, 9.17) is 9.47 Å². The summed E-state index contributed by atoms with van der Waals surface area (Å²) in [6.07, 6.45) is 1.58. The summed E-state index contributed by atoms with van der Waals surface area (Å²) in [4.78, 5) is 17.5. The number of aromatic nitrogens is 1. The van der Waals surface area contributed by atoms with E-state index in [1.165, 1.54) is 5.56 Å². The van der Waals surface area contributed by atoms with E-state index in [1.807, 2.05) is 13.8 Å². The highest BCUT2D eigenvalue weighted by Crippen LogP contribution is 2.29. The number of hydrogen-bond acceptors (Lipinski definition) is 5. The predicted octanol–water partition coefficient (Wildman–Crippen LogP) is 3.43. The van der Waals surface area contributed by atoms with Crippen LogP contribution in [0.2, 0.25) is 0 Å². The number of nitrogens with one attached hydrogen (secondary N) is 1. The van der Waals surface area contributed by atoms with Crippen molar-refractivity contribution in [2.45, 2.75) is 45.6 Å². The molecule has 29 heavy (non-hydrogen) atoms. The third-order valence-corrected chi connectivity index (χ3v) is 5.67. The van der Waals surface area contributed by atoms with Gasteiger partial charge in [0.15, 0.2) is 11.4 Å². The van der Waals surface area contributed by atoms with Crippen molar-refractivity contribution >= 4 is 5.97 Å². The van der Waals surface area contributed by atoms with Crippen LogP contribution in [0.4, 0.5) is 0 Å². The molecule has 158 valence electrons. The van der Waals surface area contributed by atoms with E-state index in [2.05, 4.69) is 40.2 Å². The molecular formula is C23H32N2O4. The number of aromatic amines is 1. The molecule has 1 aromatic heterocycles. The van der Waals surface area contributed by atoms with Crippen molar-refractivity contribution in [1.82, 2.24) is 9.88 Å². The largest absolute Gasteiger partial charge is 0.488 e. The van der Waals surface area contributed by atoms with E-state index < -0.39 is 12.1 Å². The number of carbonyl (C=O) groups is 1. The number of aryl methyl sites for hydroxylation is 1. The van der Waals surface area contributed by atoms with Gasteiger partial charge in [0.2, 0.25) is 0 Å². The topological polar surface area (TPSA) is 74.8 Å². The Kier molecular flexibility index (Phi) is 7.34. The number of nitrogens with zero attached hydrogens (tertiary/aromatic N) is 1. The Morgan fingerprint density at radius 2 is 1.93 bits per heavy atom. The molecular weight excluding hydrogens is 368 g/mol. The first kappa shape index (κ1) is 21.4. The van der Waals surface area contributed by atoms with E-state index in [0.717, 1.165) is 37.2 Å². The zero-order chi connectivity index (χ0) is 20.8. The fourth-order valence-corrected chi connectivity index (χ4v) is 3.93. The quantitative estimate of drug-likeness (QED) is 0.664. The highest BCUT2D eigenvalue weighted by atomic mass is 16.5. The van der Waals surface area contributed by atoms with Crippen LogP contribution in [0, 0.1) is 13.8 Å². The van der Waals surface area contributed by atoms with Crippen LogP contribution in [0.3, 0.4) is 0 Å². The number of H-pyrrole nitrogens is 1. The second kappa shape index (κ2) is 9.94. The fourth-order valence-electron chi connectivity index (χ4n) is 3.93. The minimum Gasteiger partial charge on any atom is -0.488 e. The number of ether oxygens (including phenoxy) is 2. The molecule has 1 saturated heterocycles. The number of rotatable bonds is 8. The molecule has 0 radical (unpaired) electrons. The van der Waals surface area contributed by atoms with Gasteiger partial charge in [-0.05, 0) is 58.2 Å². The first-order valence-corrected chi connectivity index (χ1v) is 10.4. The average Bonchev–Trinajstić information content (AvgIpc) is 3.02. The zero-order valence-electron chi connectivity index (χ0n) is 17.6. The van der Waals surface area contributed by atoms with Crippen LogP contribution in [0.1, 0.15) is 53.0 Å². The number of β-amino-alcohol motifs (C(OH)–C–C–N with tert-alkyl or cyclic N) is 1. The van der Waals surface area contributed by atoms with Crippen LogP contribution in [0.5, 0.6) is 5.75 Å². The minimum absolute atomic E-state index is 0.142. The summed E-state index contributed by atoms with van der Waals surface area (Å²) < 4.78 is 10.9. The maximum atomic E-state index is 12.1. The van der Waals surface area contributed by atoms with Crippen LogP contribution in [-0.2, 0) is 4.74 Å². The smallest absolute Gasteiger partial charge is 0.358 e. The monoisotopic (exact) mass is 400 g/mol. The third-order valence-electron chi connectivity index (χ3n) is 5.67. The van der Waals surface area contributed by atoms with Crippen molar-refractivity contribution in [2.75, 3.05) is 32.8 Å². The summed E-state index contributed by atoms with van der Waals surface area (Å²) in [5.74, 6) is 0.636. The lowest BCUT2D eigenvalue weighted by Crippen LogP contribution is -2.40. The van der Waals surface area contributed by atoms with Gasteiger partial charge in [-0.25, -0.2) is 4.79 Å². The van der Waals surface area contributed by atoms with Gasteiger partial charge in [-0.2, -0.15) is 0 Å². The number of hydrogen-bond donors (Lipinski definition) is 2. The molecule has 1 unspecified atom stereocenters. The summed E-state index contributed by atoms with van der Waals surface area (Å²) in [5, 5.41) is 10.5. The molecule has 1 fully saturated rings. The summed E-state index contributed by atoms with van der Waals surface area (Å²) in [6, 6.07) is 10.6. The Morgan fingerprint density at radius 3 is 2.59 bits per heavy atom. The molecule has 2 aromatic rings. The van der Waals surface area contributed by atoms with Gasteiger partial charge in [0.25, 0.3) is 0 Å². The van der Waals surface area contributed by atoms with Crippen molar-refractivity contribution in [3.8, 4) is 5.75 Å². The average molecular weight is 401 g/mol. The van der Waals surface area contributed by atoms with Crippen molar-refractivity contribution in [3.05, 3.63) is 52.8 Å². The molecule has 1 aromatic carbocycles. The van der Waals surface area contributed by atoms with Gasteiger partial charge in [0.1, 0.15) is 12.7 Å². The molecule has 1 atom stereocenters. The Hall–Kier alpha value is -2.31. The SMILES string of the molecule is CCOC(=O)c1[nH]c(C)c(C)c1OCC(O)CN1CCC(c2ccccc2)CC1. The molecule has 1 aliphatic heterocycles. The number of aliphatic hydroxyl groups is 1. The number of carbonyl (C=O) groups excluding carboxylic acids is 1. The molecule has 6 heteroatoms. The summed E-state index contributed by atoms with van der Waals surface area (Å²) >= 11 is 0. The minimum atomic E-state index is -0.618. The zero-order valence-corrected chi connectivity index (χ0v) is 17.6. The molecule has 3 rings (SSSR count). The van der Waals surface area contributed by atoms with E-state index in [-0.39, 0.29) is 6.61 Å². The standard InChI is InChI=1S/C23H32N2O4/c1-4-28-23(27)21-22(16(2)17(3)24-21)29-15-20(26)14-25-12-10-19(11-13-25)18-8-6-5-7-9-18/h5-9,19-20,24,26H,4,10-15H2,1-3H3. The van der Waals surface area contributed by atoms with Gasteiger partial charge in [0.05, 0.1) is 6.61 Å². The Balaban J connectivity index is 1.50. The fraction of sp³-hybridized carbons (Fsp3) is 0.522. The second-order valence-corrected chi connectivity index (χ2v) is 7.75. The first-order valence-electron chi connectivity index (χ1n) is 10.4. The second-order valence-electron chi connectivity index (χ2n) is 7.75. The molecule has 1 aliphatic rings. The molecule has 0 aliphatic carbocycles. The molecule has 2 heterocycles. The number of benzene rings is 1. The van der Waals surface area contributed by atoms with Crippen molar-refractivity contribution in [2.24, 2.45) is 0 Å². The summed E-state index contributed by atoms with van der Waals surface area (Å²) in [5.41, 5.74) is 3.45. The molecule has 0 amide bonds. The van der Waals surface area contributed by atoms with E-state index in [1.54, 1.807) is 6.92 Å². The van der Waals surface area contributed by atoms with Crippen molar-refractivity contribution < 1.29 is 19.4 Å². The number of aliphatic hydroxyl groups excluding tert-OH is 1. The number of piperidine rings is 1. The highest BCUT2D eigenvalue weighted by Gasteiger charge is 2.24. The lowest BCUT2D eigenvalue weighted by atomic mass is 9.89. The Morgan fingerprint density at radius 1 is 1.24 bits per heavy atom. The van der Waals surface area contributed by atoms with E-state index >= 15 is 0 Å². The molecule has 0 bridgehead atoms. The van der Waals surface area contributed by atoms with Crippen LogP contribution in [0.25, 0.3) is 0 Å². The molecule has 6 nitrogen and oxygen atoms in total. The van der Waals surface area contributed by atoms with Gasteiger partial charge in [-0.15, -0.1) is 0 Å². The normalized spacial score (nSPS) is 16.6. The molecule has 2 N–H and O–H groups in total. The van der Waals surface area contributed by atoms with Crippen molar-refractivity contribution in [1.29, 1.82) is 0 Å². The predicted molar refractivity (Wildman–Crippen MR) is 113 cm³/mol. The van der Waals surface area contributed by atoms with Crippen LogP contribution >= 0.6 is 0 Å². The van der Waals surface area contributed by atoms with Gasteiger partial charge in [0, 0.05) is 17.8 Å². The van der Waals surface area contributed by atoms with Gasteiger partial charge in [-0.3, -0.25) is 0 Å². The maximum absolute atomic E-state index is 12.1. The van der Waals surface area contributed by atoms with Gasteiger partial charge < -0.3 is 24.5 Å². The lowest BCUT2D eigenvalue weighted by Gasteiger charge is -2.33. The maximum Gasteiger partial charge on any atom is 0.358 e. The number of esters is 1. The summed E-state index contributed by atoms with van der Waals surface area (Å²) in [6.45, 7) is 8.49. The van der Waals surface area contributed by atoms with Crippen molar-refractivity contribution in [3.63, 3.8) is 0 Å². The Labute approximate surface area is 172 Å².